The lowest BCUT2D eigenvalue weighted by Crippen LogP contribution is -2.10. The van der Waals surface area contributed by atoms with Gasteiger partial charge in [-0.25, -0.2) is 13.9 Å². The summed E-state index contributed by atoms with van der Waals surface area (Å²) in [6, 6.07) is 7.92. The average Bonchev–Trinajstić information content (AvgIpc) is 2.96. The molecular weight excluding hydrogens is 329 g/mol. The molecule has 0 atom stereocenters. The molecule has 0 spiro atoms. The fraction of sp³-hybridized carbons (Fsp3) is 0.235. The SMILES string of the molecule is CC(C)CNc1cc(Cl)nn2c(-c3ccc(C#N)c(F)c3)cnc12. The van der Waals surface area contributed by atoms with Crippen molar-refractivity contribution in [3.8, 4) is 17.3 Å². The first-order valence-corrected chi connectivity index (χ1v) is 7.85. The molecule has 0 aliphatic rings. The predicted molar refractivity (Wildman–Crippen MR) is 91.4 cm³/mol. The number of hydrogen-bond donors (Lipinski definition) is 1. The van der Waals surface area contributed by atoms with E-state index in [1.54, 1.807) is 28.9 Å². The van der Waals surface area contributed by atoms with Crippen LogP contribution in [0.4, 0.5) is 10.1 Å². The third kappa shape index (κ3) is 3.03. The molecule has 0 bridgehead atoms. The summed E-state index contributed by atoms with van der Waals surface area (Å²) in [5.41, 5.74) is 2.55. The molecule has 0 radical (unpaired) electrons. The molecule has 1 N–H and O–H groups in total. The van der Waals surface area contributed by atoms with Gasteiger partial charge in [-0.05, 0) is 18.1 Å². The number of rotatable bonds is 4. The lowest BCUT2D eigenvalue weighted by molar-refractivity contribution is 0.624. The number of aromatic nitrogens is 3. The molecule has 0 saturated carbocycles. The number of fused-ring (bicyclic) bond motifs is 1. The van der Waals surface area contributed by atoms with Crippen LogP contribution in [0.2, 0.25) is 5.15 Å². The predicted octanol–water partition coefficient (Wildman–Crippen LogP) is 4.13. The van der Waals surface area contributed by atoms with Gasteiger partial charge >= 0.3 is 0 Å². The van der Waals surface area contributed by atoms with E-state index in [2.05, 4.69) is 29.2 Å². The van der Waals surface area contributed by atoms with Crippen molar-refractivity contribution >= 4 is 22.9 Å². The zero-order valence-corrected chi connectivity index (χ0v) is 14.0. The number of anilines is 1. The van der Waals surface area contributed by atoms with E-state index in [1.165, 1.54) is 12.1 Å². The van der Waals surface area contributed by atoms with Crippen LogP contribution >= 0.6 is 11.6 Å². The van der Waals surface area contributed by atoms with Gasteiger partial charge in [0.2, 0.25) is 0 Å². The highest BCUT2D eigenvalue weighted by Gasteiger charge is 2.14. The van der Waals surface area contributed by atoms with Gasteiger partial charge in [-0.1, -0.05) is 31.5 Å². The molecule has 5 nitrogen and oxygen atoms in total. The smallest absolute Gasteiger partial charge is 0.177 e. The maximum Gasteiger partial charge on any atom is 0.177 e. The normalized spacial score (nSPS) is 11.0. The number of halogens is 2. The summed E-state index contributed by atoms with van der Waals surface area (Å²) in [6.07, 6.45) is 1.61. The van der Waals surface area contributed by atoms with E-state index in [9.17, 15) is 4.39 Å². The van der Waals surface area contributed by atoms with Crippen LogP contribution < -0.4 is 5.32 Å². The molecule has 3 rings (SSSR count). The fourth-order valence-electron chi connectivity index (χ4n) is 2.34. The minimum absolute atomic E-state index is 0.00199. The number of imidazole rings is 1. The molecule has 7 heteroatoms. The summed E-state index contributed by atoms with van der Waals surface area (Å²) >= 11 is 6.12. The Kier molecular flexibility index (Phi) is 4.36. The van der Waals surface area contributed by atoms with Gasteiger partial charge in [-0.3, -0.25) is 0 Å². The zero-order valence-electron chi connectivity index (χ0n) is 13.2. The van der Waals surface area contributed by atoms with Crippen LogP contribution in [0.1, 0.15) is 19.4 Å². The fourth-order valence-corrected chi connectivity index (χ4v) is 2.53. The minimum Gasteiger partial charge on any atom is -0.382 e. The van der Waals surface area contributed by atoms with Gasteiger partial charge in [0.15, 0.2) is 10.8 Å². The maximum atomic E-state index is 13.9. The summed E-state index contributed by atoms with van der Waals surface area (Å²) in [6.45, 7) is 4.97. The Morgan fingerprint density at radius 1 is 1.38 bits per heavy atom. The van der Waals surface area contributed by atoms with Gasteiger partial charge in [0.25, 0.3) is 0 Å². The van der Waals surface area contributed by atoms with E-state index in [4.69, 9.17) is 16.9 Å². The molecule has 2 aromatic heterocycles. The molecule has 0 fully saturated rings. The molecule has 122 valence electrons. The highest BCUT2D eigenvalue weighted by atomic mass is 35.5. The molecular formula is C17H15ClFN5. The molecule has 0 aliphatic carbocycles. The lowest BCUT2D eigenvalue weighted by atomic mass is 10.1. The summed E-state index contributed by atoms with van der Waals surface area (Å²) in [4.78, 5) is 4.38. The van der Waals surface area contributed by atoms with Crippen LogP contribution in [0.5, 0.6) is 0 Å². The summed E-state index contributed by atoms with van der Waals surface area (Å²) in [7, 11) is 0. The van der Waals surface area contributed by atoms with E-state index in [-0.39, 0.29) is 5.56 Å². The first-order valence-electron chi connectivity index (χ1n) is 7.47. The second-order valence-electron chi connectivity index (χ2n) is 5.84. The van der Waals surface area contributed by atoms with Crippen molar-refractivity contribution in [3.05, 3.63) is 47.0 Å². The Morgan fingerprint density at radius 3 is 2.83 bits per heavy atom. The molecule has 2 heterocycles. The van der Waals surface area contributed by atoms with Gasteiger partial charge in [0.1, 0.15) is 11.9 Å². The lowest BCUT2D eigenvalue weighted by Gasteiger charge is -2.10. The average molecular weight is 344 g/mol. The first kappa shape index (κ1) is 16.2. The van der Waals surface area contributed by atoms with Crippen LogP contribution in [0.25, 0.3) is 16.9 Å². The standard InChI is InChI=1S/C17H15ClFN5/c1-10(2)8-21-14-6-16(18)23-24-15(9-22-17(14)24)11-3-4-12(7-20)13(19)5-11/h3-6,9-10,21H,8H2,1-2H3. The van der Waals surface area contributed by atoms with E-state index in [0.29, 0.717) is 28.0 Å². The molecule has 3 aromatic rings. The van der Waals surface area contributed by atoms with Gasteiger partial charge in [-0.2, -0.15) is 10.4 Å². The van der Waals surface area contributed by atoms with Gasteiger partial charge in [-0.15, -0.1) is 0 Å². The number of nitrogens with one attached hydrogen (secondary N) is 1. The van der Waals surface area contributed by atoms with Gasteiger partial charge in [0.05, 0.1) is 23.1 Å². The zero-order chi connectivity index (χ0) is 17.3. The van der Waals surface area contributed by atoms with Crippen LogP contribution in [-0.4, -0.2) is 21.1 Å². The Morgan fingerprint density at radius 2 is 2.17 bits per heavy atom. The second kappa shape index (κ2) is 6.46. The molecule has 0 unspecified atom stereocenters. The minimum atomic E-state index is -0.579. The van der Waals surface area contributed by atoms with E-state index in [1.807, 2.05) is 0 Å². The van der Waals surface area contributed by atoms with Crippen molar-refractivity contribution in [2.75, 3.05) is 11.9 Å². The monoisotopic (exact) mass is 343 g/mol. The summed E-state index contributed by atoms with van der Waals surface area (Å²) in [5, 5.41) is 16.7. The molecule has 24 heavy (non-hydrogen) atoms. The number of nitrogens with zero attached hydrogens (tertiary/aromatic N) is 4. The number of nitriles is 1. The highest BCUT2D eigenvalue weighted by Crippen LogP contribution is 2.27. The highest BCUT2D eigenvalue weighted by molar-refractivity contribution is 6.29. The van der Waals surface area contributed by atoms with Gasteiger partial charge < -0.3 is 5.32 Å². The Bertz CT molecular complexity index is 942. The quantitative estimate of drug-likeness (QED) is 0.773. The van der Waals surface area contributed by atoms with Gasteiger partial charge in [0, 0.05) is 18.2 Å². The van der Waals surface area contributed by atoms with E-state index >= 15 is 0 Å². The topological polar surface area (TPSA) is 66.0 Å². The van der Waals surface area contributed by atoms with Crippen LogP contribution in [-0.2, 0) is 0 Å². The first-order chi connectivity index (χ1) is 11.5. The third-order valence-electron chi connectivity index (χ3n) is 3.52. The van der Waals surface area contributed by atoms with Crippen LogP contribution in [0.3, 0.4) is 0 Å². The number of benzene rings is 1. The maximum absolute atomic E-state index is 13.9. The van der Waals surface area contributed by atoms with Crippen molar-refractivity contribution < 1.29 is 4.39 Å². The Labute approximate surface area is 143 Å². The van der Waals surface area contributed by atoms with E-state index in [0.717, 1.165) is 12.2 Å². The van der Waals surface area contributed by atoms with Crippen molar-refractivity contribution in [2.24, 2.45) is 5.92 Å². The molecule has 1 aromatic carbocycles. The summed E-state index contributed by atoms with van der Waals surface area (Å²) < 4.78 is 15.5. The second-order valence-corrected chi connectivity index (χ2v) is 6.23. The van der Waals surface area contributed by atoms with Crippen molar-refractivity contribution in [1.82, 2.24) is 14.6 Å². The number of hydrogen-bond acceptors (Lipinski definition) is 4. The van der Waals surface area contributed by atoms with E-state index < -0.39 is 5.82 Å². The van der Waals surface area contributed by atoms with Crippen molar-refractivity contribution in [1.29, 1.82) is 5.26 Å². The van der Waals surface area contributed by atoms with Crippen molar-refractivity contribution in [3.63, 3.8) is 0 Å². The Hall–Kier alpha value is -2.65. The third-order valence-corrected chi connectivity index (χ3v) is 3.71. The molecule has 0 aliphatic heterocycles. The van der Waals surface area contributed by atoms with Crippen LogP contribution in [0, 0.1) is 23.1 Å². The summed E-state index contributed by atoms with van der Waals surface area (Å²) in [5.74, 6) is -0.121. The molecule has 0 amide bonds. The largest absolute Gasteiger partial charge is 0.382 e. The molecule has 0 saturated heterocycles. The Balaban J connectivity index is 2.10. The van der Waals surface area contributed by atoms with Crippen LogP contribution in [0.15, 0.2) is 30.5 Å². The van der Waals surface area contributed by atoms with Crippen molar-refractivity contribution in [2.45, 2.75) is 13.8 Å².